The monoisotopic (exact) mass is 619 g/mol. The molecule has 0 saturated heterocycles. The number of nitrogens with zero attached hydrogens (tertiary/aromatic N) is 1. The van der Waals surface area contributed by atoms with Gasteiger partial charge in [0.05, 0.1) is 0 Å². The highest BCUT2D eigenvalue weighted by atomic mass is 15.1. The van der Waals surface area contributed by atoms with Gasteiger partial charge in [0.1, 0.15) is 0 Å². The fraction of sp³-hybridized carbons (Fsp3) is 0.174. The molecule has 0 heterocycles. The van der Waals surface area contributed by atoms with Crippen LogP contribution >= 0.6 is 0 Å². The second kappa shape index (κ2) is 13.2. The van der Waals surface area contributed by atoms with E-state index in [0.717, 1.165) is 0 Å². The maximum atomic E-state index is 2.46. The molecule has 0 N–H and O–H groups in total. The Balaban J connectivity index is 1.51. The van der Waals surface area contributed by atoms with Crippen molar-refractivity contribution < 1.29 is 0 Å². The number of fused-ring (bicyclic) bond motifs is 3. The number of benzene rings is 7. The van der Waals surface area contributed by atoms with Gasteiger partial charge in [0.15, 0.2) is 0 Å². The normalized spacial score (nSPS) is 14.3. The van der Waals surface area contributed by atoms with E-state index >= 15 is 0 Å². The zero-order valence-corrected chi connectivity index (χ0v) is 28.1. The Morgan fingerprint density at radius 3 is 1.54 bits per heavy atom. The number of para-hydroxylation sites is 1. The number of rotatable bonds is 7. The lowest BCUT2D eigenvalue weighted by molar-refractivity contribution is 0.430. The SMILES string of the molecule is CN(C)c1ccccc1/C(=C(\B(c1ccc2ccccc2c1)c1ccc2ccccc2c1)c1ccc2ccccc2c1)C1CCCCC1. The predicted molar refractivity (Wildman–Crippen MR) is 211 cm³/mol. The van der Waals surface area contributed by atoms with Gasteiger partial charge in [0, 0.05) is 25.3 Å². The van der Waals surface area contributed by atoms with Crippen LogP contribution in [-0.2, 0) is 0 Å². The molecule has 0 amide bonds. The minimum Gasteiger partial charge on any atom is -0.377 e. The Bertz CT molecular complexity index is 2190. The first-order valence-electron chi connectivity index (χ1n) is 17.6. The Morgan fingerprint density at radius 1 is 0.500 bits per heavy atom. The minimum absolute atomic E-state index is 0.0347. The molecule has 0 atom stereocenters. The van der Waals surface area contributed by atoms with Gasteiger partial charge in [0.2, 0.25) is 6.71 Å². The maximum absolute atomic E-state index is 2.46. The summed E-state index contributed by atoms with van der Waals surface area (Å²) in [7, 11) is 4.38. The van der Waals surface area contributed by atoms with Crippen LogP contribution in [0, 0.1) is 5.92 Å². The first-order valence-corrected chi connectivity index (χ1v) is 17.6. The maximum Gasteiger partial charge on any atom is 0.242 e. The lowest BCUT2D eigenvalue weighted by atomic mass is 9.34. The summed E-state index contributed by atoms with van der Waals surface area (Å²) in [6.07, 6.45) is 6.32. The van der Waals surface area contributed by atoms with E-state index in [1.54, 1.807) is 0 Å². The van der Waals surface area contributed by atoms with Crippen molar-refractivity contribution in [3.63, 3.8) is 0 Å². The second-order valence-corrected chi connectivity index (χ2v) is 13.8. The van der Waals surface area contributed by atoms with E-state index in [-0.39, 0.29) is 6.71 Å². The Kier molecular flexibility index (Phi) is 8.33. The quantitative estimate of drug-likeness (QED) is 0.127. The van der Waals surface area contributed by atoms with E-state index in [2.05, 4.69) is 171 Å². The van der Waals surface area contributed by atoms with Gasteiger partial charge in [-0.05, 0) is 74.3 Å². The number of hydrogen-bond donors (Lipinski definition) is 0. The first-order chi connectivity index (χ1) is 23.6. The van der Waals surface area contributed by atoms with Crippen LogP contribution in [0.15, 0.2) is 152 Å². The van der Waals surface area contributed by atoms with Crippen LogP contribution < -0.4 is 15.8 Å². The average Bonchev–Trinajstić information content (AvgIpc) is 3.14. The van der Waals surface area contributed by atoms with E-state index in [4.69, 9.17) is 0 Å². The summed E-state index contributed by atoms with van der Waals surface area (Å²) in [4.78, 5) is 2.30. The van der Waals surface area contributed by atoms with Crippen LogP contribution in [0.25, 0.3) is 43.4 Å². The Morgan fingerprint density at radius 2 is 0.979 bits per heavy atom. The van der Waals surface area contributed by atoms with E-state index in [9.17, 15) is 0 Å². The molecule has 234 valence electrons. The van der Waals surface area contributed by atoms with Gasteiger partial charge in [0.25, 0.3) is 0 Å². The van der Waals surface area contributed by atoms with Gasteiger partial charge in [-0.2, -0.15) is 0 Å². The zero-order valence-electron chi connectivity index (χ0n) is 28.1. The van der Waals surface area contributed by atoms with E-state index in [0.29, 0.717) is 5.92 Å². The van der Waals surface area contributed by atoms with E-state index < -0.39 is 0 Å². The predicted octanol–water partition coefficient (Wildman–Crippen LogP) is 10.6. The van der Waals surface area contributed by atoms with Crippen LogP contribution in [0.5, 0.6) is 0 Å². The molecular weight excluding hydrogens is 577 g/mol. The highest BCUT2D eigenvalue weighted by molar-refractivity contribution is 7.01. The van der Waals surface area contributed by atoms with Gasteiger partial charge in [-0.3, -0.25) is 0 Å². The third kappa shape index (κ3) is 5.81. The molecule has 1 nitrogen and oxygen atoms in total. The first kappa shape index (κ1) is 30.3. The van der Waals surface area contributed by atoms with Crippen molar-refractivity contribution in [2.45, 2.75) is 32.1 Å². The summed E-state index contributed by atoms with van der Waals surface area (Å²) in [5.41, 5.74) is 9.59. The zero-order chi connectivity index (χ0) is 32.5. The third-order valence-electron chi connectivity index (χ3n) is 10.5. The molecule has 7 aromatic rings. The summed E-state index contributed by atoms with van der Waals surface area (Å²) in [6.45, 7) is 0.0347. The van der Waals surface area contributed by atoms with E-state index in [1.165, 1.54) is 103 Å². The largest absolute Gasteiger partial charge is 0.377 e. The third-order valence-corrected chi connectivity index (χ3v) is 10.5. The highest BCUT2D eigenvalue weighted by Gasteiger charge is 2.33. The fourth-order valence-electron chi connectivity index (χ4n) is 8.20. The van der Waals surface area contributed by atoms with Gasteiger partial charge in [-0.15, -0.1) is 0 Å². The topological polar surface area (TPSA) is 3.24 Å². The van der Waals surface area contributed by atoms with Gasteiger partial charge in [-0.25, -0.2) is 0 Å². The van der Waals surface area contributed by atoms with Gasteiger partial charge in [-0.1, -0.05) is 175 Å². The molecule has 1 fully saturated rings. The number of anilines is 1. The van der Waals surface area contributed by atoms with Gasteiger partial charge < -0.3 is 4.90 Å². The van der Waals surface area contributed by atoms with Crippen LogP contribution in [0.1, 0.15) is 43.2 Å². The molecule has 0 radical (unpaired) electrons. The molecule has 7 aromatic carbocycles. The van der Waals surface area contributed by atoms with Crippen molar-refractivity contribution in [3.05, 3.63) is 163 Å². The summed E-state index contributed by atoms with van der Waals surface area (Å²) in [5, 5.41) is 7.69. The van der Waals surface area contributed by atoms with Crippen LogP contribution in [0.3, 0.4) is 0 Å². The summed E-state index contributed by atoms with van der Waals surface area (Å²) in [5.74, 6) is 0.477. The molecule has 0 aliphatic heterocycles. The standard InChI is InChI=1S/C46H42BN/c1-48(2)44-23-13-12-22-43(44)45(36-17-4-3-5-18-36)46(40-25-24-33-14-6-9-19-37(33)30-40)47(41-28-26-34-15-7-10-20-38(34)31-41)42-29-27-35-16-8-11-21-39(35)32-42/h6-16,19-32,36H,3-5,17-18H2,1-2H3/b46-45-. The second-order valence-electron chi connectivity index (χ2n) is 13.8. The van der Waals surface area contributed by atoms with Gasteiger partial charge >= 0.3 is 0 Å². The van der Waals surface area contributed by atoms with Crippen molar-refractivity contribution in [1.82, 2.24) is 0 Å². The lowest BCUT2D eigenvalue weighted by Crippen LogP contribution is -2.44. The Labute approximate surface area is 285 Å². The minimum atomic E-state index is 0.0347. The molecule has 0 aromatic heterocycles. The summed E-state index contributed by atoms with van der Waals surface area (Å²) >= 11 is 0. The summed E-state index contributed by atoms with van der Waals surface area (Å²) in [6, 6.07) is 57.0. The molecule has 0 bridgehead atoms. The average molecular weight is 620 g/mol. The van der Waals surface area contributed by atoms with Crippen molar-refractivity contribution in [1.29, 1.82) is 0 Å². The molecule has 0 spiro atoms. The molecule has 0 unspecified atom stereocenters. The molecule has 1 aliphatic rings. The van der Waals surface area contributed by atoms with Crippen molar-refractivity contribution in [2.24, 2.45) is 5.92 Å². The van der Waals surface area contributed by atoms with E-state index in [1.807, 2.05) is 0 Å². The van der Waals surface area contributed by atoms with Crippen molar-refractivity contribution in [2.75, 3.05) is 19.0 Å². The van der Waals surface area contributed by atoms with Crippen LogP contribution in [0.4, 0.5) is 5.69 Å². The van der Waals surface area contributed by atoms with Crippen molar-refractivity contribution >= 4 is 66.7 Å². The molecule has 1 saturated carbocycles. The Hall–Kier alpha value is -5.08. The smallest absolute Gasteiger partial charge is 0.242 e. The molecule has 48 heavy (non-hydrogen) atoms. The van der Waals surface area contributed by atoms with Crippen LogP contribution in [-0.4, -0.2) is 20.8 Å². The van der Waals surface area contributed by atoms with Crippen LogP contribution in [0.2, 0.25) is 0 Å². The lowest BCUT2D eigenvalue weighted by Gasteiger charge is -2.33. The molecule has 2 heteroatoms. The molecule has 8 rings (SSSR count). The molecule has 1 aliphatic carbocycles. The molecular formula is C46H42BN. The highest BCUT2D eigenvalue weighted by Crippen LogP contribution is 2.44. The summed E-state index contributed by atoms with van der Waals surface area (Å²) < 4.78 is 0. The number of hydrogen-bond acceptors (Lipinski definition) is 1. The van der Waals surface area contributed by atoms with Crippen molar-refractivity contribution in [3.8, 4) is 0 Å². The number of allylic oxidation sites excluding steroid dienone is 1. The fourth-order valence-corrected chi connectivity index (χ4v) is 8.20.